The van der Waals surface area contributed by atoms with Gasteiger partial charge in [0.1, 0.15) is 0 Å². The van der Waals surface area contributed by atoms with Gasteiger partial charge in [-0.1, -0.05) is 5.75 Å². The van der Waals surface area contributed by atoms with E-state index >= 15 is 0 Å². The van der Waals surface area contributed by atoms with Gasteiger partial charge in [-0.2, -0.15) is 54.8 Å². The standard InChI is InChI=1S/C27H17N3O.C6H4N.2Pt/c1-29-15-16-30(20-29)24-10-6-12-26(19-24)31-25-11-5-9-23(17-25)27-18-22(13-14-28-27)21-7-3-2-4-8-21;1-2-7-5-3-4-6-7;;/h2-7,10-16,20H,1H3;3-6H;;/q-6;-1;;+4/i;3D,4D,5D,6D;;. The van der Waals surface area contributed by atoms with Gasteiger partial charge in [0, 0.05) is 39.2 Å². The van der Waals surface area contributed by atoms with Crippen molar-refractivity contribution < 1.29 is 52.4 Å². The van der Waals surface area contributed by atoms with Crippen LogP contribution in [0.25, 0.3) is 22.4 Å². The predicted octanol–water partition coefficient (Wildman–Crippen LogP) is 6.43. The smallest absolute Gasteiger partial charge is 0.669 e. The first-order valence-electron chi connectivity index (χ1n) is 13.5. The molecule has 0 bridgehead atoms. The molecule has 0 saturated heterocycles. The SMILES string of the molecule is CN1C=CN(c2[c-]c(Oc3[c-]c(-c4[c-]c(-c5[c-]cccc5)ccn4)[c-]cc3)ccc2)[CH-]1.[2H]c1c([2H])c([2H])n(C#[C-])c1[2H].[Pt+4].[Pt]. The zero-order valence-electron chi connectivity index (χ0n) is 24.9. The summed E-state index contributed by atoms with van der Waals surface area (Å²) in [6.07, 6.45) is 11.7. The minimum atomic E-state index is -0.338. The fourth-order valence-electron chi connectivity index (χ4n) is 3.43. The first-order valence-corrected chi connectivity index (χ1v) is 11.5. The average Bonchev–Trinajstić information content (AvgIpc) is 3.54. The molecule has 3 aromatic carbocycles. The van der Waals surface area contributed by atoms with E-state index in [-0.39, 0.29) is 66.6 Å². The minimum Gasteiger partial charge on any atom is -0.669 e. The Morgan fingerprint density at radius 2 is 1.75 bits per heavy atom. The molecule has 0 fully saturated rings. The maximum atomic E-state index is 7.11. The predicted molar refractivity (Wildman–Crippen MR) is 146 cm³/mol. The van der Waals surface area contributed by atoms with E-state index in [4.69, 9.17) is 16.6 Å². The molecule has 0 saturated carbocycles. The van der Waals surface area contributed by atoms with Gasteiger partial charge in [-0.15, -0.1) is 30.0 Å². The maximum Gasteiger partial charge on any atom is 4.00 e. The van der Waals surface area contributed by atoms with E-state index in [0.29, 0.717) is 22.8 Å². The van der Waals surface area contributed by atoms with E-state index in [9.17, 15) is 0 Å². The maximum absolute atomic E-state index is 7.11. The molecule has 0 atom stereocenters. The fraction of sp³-hybridized carbons (Fsp3) is 0.0303. The van der Waals surface area contributed by atoms with Crippen molar-refractivity contribution in [1.29, 1.82) is 0 Å². The van der Waals surface area contributed by atoms with E-state index in [0.717, 1.165) is 21.4 Å². The molecule has 1 aliphatic heterocycles. The summed E-state index contributed by atoms with van der Waals surface area (Å²) >= 11 is 0. The Kier molecular flexibility index (Phi) is 9.49. The molecule has 40 heavy (non-hydrogen) atoms. The molecule has 0 amide bonds. The molecule has 0 aliphatic carbocycles. The summed E-state index contributed by atoms with van der Waals surface area (Å²) in [7, 11) is 1.98. The van der Waals surface area contributed by atoms with Crippen molar-refractivity contribution in [2.45, 2.75) is 0 Å². The average molecular weight is 884 g/mol. The van der Waals surface area contributed by atoms with Gasteiger partial charge in [0.15, 0.2) is 0 Å². The molecule has 0 unspecified atom stereocenters. The normalized spacial score (nSPS) is 12.8. The monoisotopic (exact) mass is 883 g/mol. The first-order chi connectivity index (χ1) is 20.3. The van der Waals surface area contributed by atoms with Crippen LogP contribution in [0.3, 0.4) is 0 Å². The van der Waals surface area contributed by atoms with Crippen LogP contribution < -0.4 is 9.64 Å². The molecule has 0 radical (unpaired) electrons. The molecular formula is C33H21N4OPt2-3. The van der Waals surface area contributed by atoms with E-state index in [1.165, 1.54) is 0 Å². The van der Waals surface area contributed by atoms with Crippen LogP contribution in [0.4, 0.5) is 5.69 Å². The summed E-state index contributed by atoms with van der Waals surface area (Å²) in [5.41, 5.74) is 4.10. The molecule has 3 heterocycles. The van der Waals surface area contributed by atoms with Crippen molar-refractivity contribution >= 4 is 5.69 Å². The molecule has 1 aliphatic rings. The summed E-state index contributed by atoms with van der Waals surface area (Å²) in [5, 5.41) is 0. The first kappa shape index (κ1) is 25.2. The van der Waals surface area contributed by atoms with E-state index in [1.54, 1.807) is 18.3 Å². The Labute approximate surface area is 270 Å². The van der Waals surface area contributed by atoms with Crippen LogP contribution in [0.5, 0.6) is 11.5 Å². The number of pyridine rings is 1. The Morgan fingerprint density at radius 1 is 0.925 bits per heavy atom. The van der Waals surface area contributed by atoms with Crippen LogP contribution in [0.1, 0.15) is 5.48 Å². The van der Waals surface area contributed by atoms with Gasteiger partial charge >= 0.3 is 21.1 Å². The van der Waals surface area contributed by atoms with E-state index in [1.807, 2.05) is 90.5 Å². The van der Waals surface area contributed by atoms with Gasteiger partial charge in [0.05, 0.1) is 5.48 Å². The fourth-order valence-corrected chi connectivity index (χ4v) is 3.43. The second-order valence-corrected chi connectivity index (χ2v) is 7.86. The van der Waals surface area contributed by atoms with Crippen LogP contribution in [0.2, 0.25) is 0 Å². The van der Waals surface area contributed by atoms with Crippen molar-refractivity contribution in [3.05, 3.63) is 147 Å². The zero-order chi connectivity index (χ0) is 29.6. The summed E-state index contributed by atoms with van der Waals surface area (Å²) < 4.78 is 35.1. The third kappa shape index (κ3) is 8.09. The van der Waals surface area contributed by atoms with Gasteiger partial charge in [0.2, 0.25) is 0 Å². The number of aromatic nitrogens is 2. The molecule has 202 valence electrons. The van der Waals surface area contributed by atoms with Crippen molar-refractivity contribution in [2.75, 3.05) is 11.9 Å². The topological polar surface area (TPSA) is 33.5 Å². The molecule has 7 heteroatoms. The summed E-state index contributed by atoms with van der Waals surface area (Å²) in [4.78, 5) is 8.39. The second-order valence-electron chi connectivity index (χ2n) is 7.86. The number of hydrogen-bond donors (Lipinski definition) is 0. The van der Waals surface area contributed by atoms with Gasteiger partial charge in [-0.05, 0) is 37.7 Å². The van der Waals surface area contributed by atoms with Crippen molar-refractivity contribution in [3.63, 3.8) is 0 Å². The number of rotatable bonds is 5. The molecule has 2 aromatic heterocycles. The van der Waals surface area contributed by atoms with Crippen molar-refractivity contribution in [3.8, 4) is 39.9 Å². The number of nitrogens with zero attached hydrogens (tertiary/aromatic N) is 4. The molecule has 0 spiro atoms. The van der Waals surface area contributed by atoms with Gasteiger partial charge in [-0.3, -0.25) is 12.1 Å². The van der Waals surface area contributed by atoms with Crippen molar-refractivity contribution in [1.82, 2.24) is 14.5 Å². The molecular weight excluding hydrogens is 859 g/mol. The second kappa shape index (κ2) is 15.1. The van der Waals surface area contributed by atoms with Gasteiger partial charge in [-0.25, -0.2) is 23.2 Å². The van der Waals surface area contributed by atoms with Crippen LogP contribution in [0.15, 0.2) is 104 Å². The zero-order valence-corrected chi connectivity index (χ0v) is 25.5. The summed E-state index contributed by atoms with van der Waals surface area (Å²) in [6, 6.07) is 36.4. The molecule has 5 aromatic rings. The number of ether oxygens (including phenoxy) is 1. The van der Waals surface area contributed by atoms with E-state index < -0.39 is 0 Å². The van der Waals surface area contributed by atoms with Crippen LogP contribution in [-0.2, 0) is 42.1 Å². The van der Waals surface area contributed by atoms with Crippen LogP contribution in [0, 0.1) is 49.5 Å². The summed E-state index contributed by atoms with van der Waals surface area (Å²) in [6.45, 7) is 1.97. The van der Waals surface area contributed by atoms with E-state index in [2.05, 4.69) is 35.3 Å². The summed E-state index contributed by atoms with van der Waals surface area (Å²) in [5.74, 6) is 1.17. The number of hydrogen-bond acceptors (Lipinski definition) is 4. The largest absolute Gasteiger partial charge is 4.00 e. The van der Waals surface area contributed by atoms with Gasteiger partial charge in [0.25, 0.3) is 0 Å². The van der Waals surface area contributed by atoms with Crippen LogP contribution >= 0.6 is 0 Å². The Morgan fingerprint density at radius 3 is 2.45 bits per heavy atom. The molecule has 5 nitrogen and oxygen atoms in total. The van der Waals surface area contributed by atoms with Crippen molar-refractivity contribution in [2.24, 2.45) is 0 Å². The Bertz CT molecular complexity index is 1770. The molecule has 6 rings (SSSR count). The van der Waals surface area contributed by atoms with Crippen LogP contribution in [-0.4, -0.2) is 21.5 Å². The number of anilines is 1. The van der Waals surface area contributed by atoms with Gasteiger partial charge < -0.3 is 42.1 Å². The minimum absolute atomic E-state index is 0. The number of benzene rings is 3. The molecule has 0 N–H and O–H groups in total. The Hall–Kier alpha value is -3.83. The Balaban J connectivity index is 0.000000348. The third-order valence-electron chi connectivity index (χ3n) is 5.17. The third-order valence-corrected chi connectivity index (χ3v) is 5.17. The quantitative estimate of drug-likeness (QED) is 0.151.